The van der Waals surface area contributed by atoms with Gasteiger partial charge in [-0.2, -0.15) is 0 Å². The van der Waals surface area contributed by atoms with Crippen LogP contribution in [0.4, 0.5) is 0 Å². The minimum absolute atomic E-state index is 0. The number of rotatable bonds is 2. The van der Waals surface area contributed by atoms with Crippen molar-refractivity contribution in [2.45, 2.75) is 41.9 Å². The van der Waals surface area contributed by atoms with Gasteiger partial charge in [-0.25, -0.2) is 0 Å². The summed E-state index contributed by atoms with van der Waals surface area (Å²) < 4.78 is 0. The van der Waals surface area contributed by atoms with Crippen LogP contribution in [0.5, 0.6) is 11.5 Å². The third kappa shape index (κ3) is 3.44. The summed E-state index contributed by atoms with van der Waals surface area (Å²) in [5.41, 5.74) is 8.75. The largest absolute Gasteiger partial charge is 0.508 e. The summed E-state index contributed by atoms with van der Waals surface area (Å²) in [6.45, 7) is 4.28. The second kappa shape index (κ2) is 6.63. The smallest absolute Gasteiger partial charge is 0.115 e. The van der Waals surface area contributed by atoms with Crippen LogP contribution >= 0.6 is 24.2 Å². The van der Waals surface area contributed by atoms with Crippen LogP contribution in [0.15, 0.2) is 47.4 Å². The first-order chi connectivity index (χ1) is 10.4. The van der Waals surface area contributed by atoms with Gasteiger partial charge in [-0.3, -0.25) is 0 Å². The Morgan fingerprint density at radius 2 is 1.65 bits per heavy atom. The fraction of sp³-hybridized carbons (Fsp3) is 0.333. The second-order valence-corrected chi connectivity index (χ2v) is 7.76. The summed E-state index contributed by atoms with van der Waals surface area (Å²) in [5, 5.41) is 19.4. The van der Waals surface area contributed by atoms with Gasteiger partial charge in [-0.1, -0.05) is 19.9 Å². The summed E-state index contributed by atoms with van der Waals surface area (Å²) in [6, 6.07) is 12.8. The van der Waals surface area contributed by atoms with Gasteiger partial charge in [0, 0.05) is 21.6 Å². The second-order valence-electron chi connectivity index (χ2n) is 6.44. The van der Waals surface area contributed by atoms with E-state index in [1.807, 2.05) is 24.3 Å². The highest BCUT2D eigenvalue weighted by Crippen LogP contribution is 2.43. The maximum absolute atomic E-state index is 9.76. The first kappa shape index (κ1) is 18.0. The molecule has 0 aliphatic heterocycles. The zero-order valence-corrected chi connectivity index (χ0v) is 14.8. The van der Waals surface area contributed by atoms with Crippen molar-refractivity contribution in [1.29, 1.82) is 0 Å². The third-order valence-electron chi connectivity index (χ3n) is 4.57. The van der Waals surface area contributed by atoms with Crippen molar-refractivity contribution < 1.29 is 10.2 Å². The Morgan fingerprint density at radius 3 is 2.30 bits per heavy atom. The predicted molar refractivity (Wildman–Crippen MR) is 97.8 cm³/mol. The SMILES string of the molecule is CC1(C)c2cc(O)ccc2CC(Sc2ccc(O)cc2)C1N.Cl. The number of hydrogen-bond donors (Lipinski definition) is 3. The summed E-state index contributed by atoms with van der Waals surface area (Å²) in [5.74, 6) is 0.571. The molecule has 0 heterocycles. The molecule has 2 aromatic carbocycles. The highest BCUT2D eigenvalue weighted by molar-refractivity contribution is 8.00. The highest BCUT2D eigenvalue weighted by atomic mass is 35.5. The van der Waals surface area contributed by atoms with E-state index in [-0.39, 0.29) is 34.9 Å². The molecule has 3 rings (SSSR count). The number of aromatic hydroxyl groups is 2. The van der Waals surface area contributed by atoms with Crippen molar-refractivity contribution in [2.24, 2.45) is 5.73 Å². The molecule has 0 aromatic heterocycles. The number of benzene rings is 2. The average Bonchev–Trinajstić information content (AvgIpc) is 2.48. The third-order valence-corrected chi connectivity index (χ3v) is 5.87. The molecule has 4 N–H and O–H groups in total. The molecular weight excluding hydrogens is 330 g/mol. The Kier molecular flexibility index (Phi) is 5.19. The molecule has 0 saturated heterocycles. The molecule has 2 atom stereocenters. The normalized spacial score (nSPS) is 22.0. The molecule has 0 radical (unpaired) electrons. The molecule has 5 heteroatoms. The maximum atomic E-state index is 9.76. The van der Waals surface area contributed by atoms with Crippen molar-refractivity contribution in [2.75, 3.05) is 0 Å². The Hall–Kier alpha value is -1.36. The van der Waals surface area contributed by atoms with E-state index in [1.165, 1.54) is 5.56 Å². The summed E-state index contributed by atoms with van der Waals surface area (Å²) >= 11 is 1.75. The van der Waals surface area contributed by atoms with Crippen LogP contribution in [0.3, 0.4) is 0 Å². The fourth-order valence-electron chi connectivity index (χ4n) is 3.14. The van der Waals surface area contributed by atoms with Crippen LogP contribution in [-0.4, -0.2) is 21.5 Å². The molecule has 23 heavy (non-hydrogen) atoms. The molecule has 1 aliphatic rings. The van der Waals surface area contributed by atoms with Crippen molar-refractivity contribution in [1.82, 2.24) is 0 Å². The van der Waals surface area contributed by atoms with E-state index >= 15 is 0 Å². The number of fused-ring (bicyclic) bond motifs is 1. The van der Waals surface area contributed by atoms with E-state index in [9.17, 15) is 10.2 Å². The first-order valence-electron chi connectivity index (χ1n) is 7.41. The Bertz CT molecular complexity index is 688. The molecular formula is C18H22ClNO2S. The lowest BCUT2D eigenvalue weighted by molar-refractivity contribution is 0.369. The Labute approximate surface area is 147 Å². The first-order valence-corrected chi connectivity index (χ1v) is 8.29. The molecule has 2 unspecified atom stereocenters. The number of nitrogens with two attached hydrogens (primary N) is 1. The van der Waals surface area contributed by atoms with Gasteiger partial charge in [0.25, 0.3) is 0 Å². The summed E-state index contributed by atoms with van der Waals surface area (Å²) in [7, 11) is 0. The summed E-state index contributed by atoms with van der Waals surface area (Å²) in [4.78, 5) is 1.11. The van der Waals surface area contributed by atoms with Crippen molar-refractivity contribution in [3.63, 3.8) is 0 Å². The van der Waals surface area contributed by atoms with E-state index in [2.05, 4.69) is 13.8 Å². The van der Waals surface area contributed by atoms with E-state index < -0.39 is 0 Å². The van der Waals surface area contributed by atoms with Gasteiger partial charge in [-0.05, 0) is 53.9 Å². The van der Waals surface area contributed by atoms with Crippen molar-refractivity contribution >= 4 is 24.2 Å². The number of phenols is 2. The predicted octanol–water partition coefficient (Wildman–Crippen LogP) is 3.84. The van der Waals surface area contributed by atoms with Crippen LogP contribution in [-0.2, 0) is 11.8 Å². The van der Waals surface area contributed by atoms with E-state index in [0.717, 1.165) is 16.9 Å². The zero-order chi connectivity index (χ0) is 15.9. The quantitative estimate of drug-likeness (QED) is 0.769. The number of thioether (sulfide) groups is 1. The number of hydrogen-bond acceptors (Lipinski definition) is 4. The van der Waals surface area contributed by atoms with Crippen molar-refractivity contribution in [3.05, 3.63) is 53.6 Å². The zero-order valence-electron chi connectivity index (χ0n) is 13.2. The van der Waals surface area contributed by atoms with Gasteiger partial charge in [-0.15, -0.1) is 24.2 Å². The van der Waals surface area contributed by atoms with Crippen LogP contribution in [0.1, 0.15) is 25.0 Å². The molecule has 0 saturated carbocycles. The van der Waals surface area contributed by atoms with Crippen molar-refractivity contribution in [3.8, 4) is 11.5 Å². The lowest BCUT2D eigenvalue weighted by atomic mass is 9.69. The van der Waals surface area contributed by atoms with Gasteiger partial charge in [0.2, 0.25) is 0 Å². The van der Waals surface area contributed by atoms with E-state index in [4.69, 9.17) is 5.73 Å². The topological polar surface area (TPSA) is 66.5 Å². The minimum Gasteiger partial charge on any atom is -0.508 e. The van der Waals surface area contributed by atoms with Gasteiger partial charge >= 0.3 is 0 Å². The molecule has 0 fully saturated rings. The fourth-order valence-corrected chi connectivity index (χ4v) is 4.54. The molecule has 0 bridgehead atoms. The van der Waals surface area contributed by atoms with Crippen LogP contribution in [0.25, 0.3) is 0 Å². The van der Waals surface area contributed by atoms with Crippen LogP contribution in [0.2, 0.25) is 0 Å². The maximum Gasteiger partial charge on any atom is 0.115 e. The van der Waals surface area contributed by atoms with Crippen LogP contribution in [0, 0.1) is 0 Å². The van der Waals surface area contributed by atoms with E-state index in [1.54, 1.807) is 30.0 Å². The van der Waals surface area contributed by atoms with E-state index in [0.29, 0.717) is 5.75 Å². The van der Waals surface area contributed by atoms with Gasteiger partial charge in [0.15, 0.2) is 0 Å². The number of halogens is 1. The molecule has 0 amide bonds. The standard InChI is InChI=1S/C18H21NO2S.ClH/c1-18(2)15-10-13(21)4-3-11(15)9-16(17(18)19)22-14-7-5-12(20)6-8-14;/h3-8,10,16-17,20-21H,9,19H2,1-2H3;1H. The Morgan fingerprint density at radius 1 is 1.04 bits per heavy atom. The molecule has 3 nitrogen and oxygen atoms in total. The molecule has 2 aromatic rings. The van der Waals surface area contributed by atoms with Gasteiger partial charge in [0.1, 0.15) is 11.5 Å². The monoisotopic (exact) mass is 351 g/mol. The number of phenolic OH excluding ortho intramolecular Hbond substituents is 2. The molecule has 0 spiro atoms. The van der Waals surface area contributed by atoms with Crippen LogP contribution < -0.4 is 5.73 Å². The molecule has 1 aliphatic carbocycles. The Balaban J connectivity index is 0.00000192. The summed E-state index contributed by atoms with van der Waals surface area (Å²) in [6.07, 6.45) is 0.881. The lowest BCUT2D eigenvalue weighted by Gasteiger charge is -2.43. The van der Waals surface area contributed by atoms with Gasteiger partial charge in [0.05, 0.1) is 0 Å². The minimum atomic E-state index is -0.194. The lowest BCUT2D eigenvalue weighted by Crippen LogP contribution is -2.52. The van der Waals surface area contributed by atoms with Gasteiger partial charge < -0.3 is 15.9 Å². The molecule has 124 valence electrons. The highest BCUT2D eigenvalue weighted by Gasteiger charge is 2.40. The average molecular weight is 352 g/mol.